The van der Waals surface area contributed by atoms with Gasteiger partial charge in [-0.2, -0.15) is 0 Å². The maximum Gasteiger partial charge on any atom is 0.123 e. The molecule has 2 nitrogen and oxygen atoms in total. The minimum absolute atomic E-state index is 0.251. The second-order valence-corrected chi connectivity index (χ2v) is 3.68. The fourth-order valence-corrected chi connectivity index (χ4v) is 1.76. The molecule has 0 aliphatic carbocycles. The third-order valence-corrected chi connectivity index (χ3v) is 2.67. The highest BCUT2D eigenvalue weighted by atomic mass is 19.1. The third kappa shape index (κ3) is 1.99. The van der Waals surface area contributed by atoms with Crippen LogP contribution in [0.2, 0.25) is 0 Å². The molecular formula is C13H14FNO. The molecule has 0 radical (unpaired) electrons. The van der Waals surface area contributed by atoms with Crippen LogP contribution in [0.15, 0.2) is 41.0 Å². The summed E-state index contributed by atoms with van der Waals surface area (Å²) in [4.78, 5) is 0. The van der Waals surface area contributed by atoms with E-state index in [0.29, 0.717) is 0 Å². The first-order valence-corrected chi connectivity index (χ1v) is 5.29. The Bertz CT molecular complexity index is 461. The molecule has 1 unspecified atom stereocenters. The van der Waals surface area contributed by atoms with Crippen molar-refractivity contribution in [2.75, 3.05) is 0 Å². The molecule has 1 aromatic carbocycles. The van der Waals surface area contributed by atoms with Crippen LogP contribution in [0, 0.1) is 5.82 Å². The van der Waals surface area contributed by atoms with E-state index in [1.165, 1.54) is 12.1 Å². The lowest BCUT2D eigenvalue weighted by molar-refractivity contribution is 0.509. The fourth-order valence-electron chi connectivity index (χ4n) is 1.76. The molecule has 0 amide bonds. The zero-order valence-electron chi connectivity index (χ0n) is 9.11. The summed E-state index contributed by atoms with van der Waals surface area (Å²) >= 11 is 0. The van der Waals surface area contributed by atoms with Crippen LogP contribution in [0.5, 0.6) is 0 Å². The smallest absolute Gasteiger partial charge is 0.123 e. The van der Waals surface area contributed by atoms with E-state index in [2.05, 4.69) is 0 Å². The predicted octanol–water partition coefficient (Wildman–Crippen LogP) is 3.03. The Morgan fingerprint density at radius 1 is 1.25 bits per heavy atom. The third-order valence-electron chi connectivity index (χ3n) is 2.67. The van der Waals surface area contributed by atoms with E-state index in [4.69, 9.17) is 10.2 Å². The Kier molecular flexibility index (Phi) is 3.06. The molecule has 1 aromatic heterocycles. The molecule has 0 aliphatic rings. The van der Waals surface area contributed by atoms with Gasteiger partial charge in [-0.15, -0.1) is 0 Å². The van der Waals surface area contributed by atoms with Crippen molar-refractivity contribution in [3.8, 4) is 0 Å². The topological polar surface area (TPSA) is 39.2 Å². The standard InChI is InChI=1S/C13H14FNO/c1-2-12-11(7-8-16-12)13(15)9-3-5-10(14)6-4-9/h3-8,13H,2,15H2,1H3. The molecule has 0 saturated carbocycles. The van der Waals surface area contributed by atoms with Crippen molar-refractivity contribution in [3.63, 3.8) is 0 Å². The second kappa shape index (κ2) is 4.49. The molecule has 2 aromatic rings. The van der Waals surface area contributed by atoms with Crippen LogP contribution >= 0.6 is 0 Å². The average molecular weight is 219 g/mol. The molecule has 0 bridgehead atoms. The summed E-state index contributed by atoms with van der Waals surface area (Å²) in [5.41, 5.74) is 7.96. The number of hydrogen-bond donors (Lipinski definition) is 1. The van der Waals surface area contributed by atoms with Gasteiger partial charge in [-0.25, -0.2) is 4.39 Å². The van der Waals surface area contributed by atoms with Gasteiger partial charge >= 0.3 is 0 Å². The Morgan fingerprint density at radius 3 is 2.56 bits per heavy atom. The normalized spacial score (nSPS) is 12.7. The Hall–Kier alpha value is -1.61. The molecule has 2 N–H and O–H groups in total. The summed E-state index contributed by atoms with van der Waals surface area (Å²) in [6.07, 6.45) is 2.44. The number of rotatable bonds is 3. The van der Waals surface area contributed by atoms with Crippen LogP contribution in [0.25, 0.3) is 0 Å². The largest absolute Gasteiger partial charge is 0.469 e. The lowest BCUT2D eigenvalue weighted by Crippen LogP contribution is -2.12. The quantitative estimate of drug-likeness (QED) is 0.861. The first-order valence-electron chi connectivity index (χ1n) is 5.29. The highest BCUT2D eigenvalue weighted by Gasteiger charge is 2.14. The van der Waals surface area contributed by atoms with Crippen molar-refractivity contribution in [2.24, 2.45) is 5.73 Å². The van der Waals surface area contributed by atoms with E-state index in [-0.39, 0.29) is 11.9 Å². The van der Waals surface area contributed by atoms with Gasteiger partial charge in [0.15, 0.2) is 0 Å². The van der Waals surface area contributed by atoms with Crippen LogP contribution in [0.4, 0.5) is 4.39 Å². The van der Waals surface area contributed by atoms with Gasteiger partial charge in [0.25, 0.3) is 0 Å². The lowest BCUT2D eigenvalue weighted by atomic mass is 9.99. The maximum absolute atomic E-state index is 12.8. The van der Waals surface area contributed by atoms with Gasteiger partial charge < -0.3 is 10.2 Å². The molecule has 1 heterocycles. The number of hydrogen-bond acceptors (Lipinski definition) is 2. The van der Waals surface area contributed by atoms with Crippen LogP contribution in [0.1, 0.15) is 29.9 Å². The van der Waals surface area contributed by atoms with E-state index < -0.39 is 0 Å². The highest BCUT2D eigenvalue weighted by molar-refractivity contribution is 5.32. The molecule has 0 spiro atoms. The molecule has 0 fully saturated rings. The number of aryl methyl sites for hydroxylation is 1. The molecule has 3 heteroatoms. The molecule has 0 aliphatic heterocycles. The summed E-state index contributed by atoms with van der Waals surface area (Å²) in [5, 5.41) is 0. The van der Waals surface area contributed by atoms with E-state index in [9.17, 15) is 4.39 Å². The molecule has 16 heavy (non-hydrogen) atoms. The second-order valence-electron chi connectivity index (χ2n) is 3.68. The Morgan fingerprint density at radius 2 is 1.94 bits per heavy atom. The number of furan rings is 1. The van der Waals surface area contributed by atoms with E-state index in [0.717, 1.165) is 23.3 Å². The number of halogens is 1. The lowest BCUT2D eigenvalue weighted by Gasteiger charge is -2.11. The summed E-state index contributed by atoms with van der Waals surface area (Å²) < 4.78 is 18.1. The molecule has 1 atom stereocenters. The maximum atomic E-state index is 12.8. The van der Waals surface area contributed by atoms with Crippen LogP contribution in [-0.2, 0) is 6.42 Å². The zero-order valence-corrected chi connectivity index (χ0v) is 9.11. The Labute approximate surface area is 93.9 Å². The minimum Gasteiger partial charge on any atom is -0.469 e. The van der Waals surface area contributed by atoms with Crippen molar-refractivity contribution < 1.29 is 8.81 Å². The van der Waals surface area contributed by atoms with Gasteiger partial charge in [0.05, 0.1) is 12.3 Å². The van der Waals surface area contributed by atoms with Crippen LogP contribution in [0.3, 0.4) is 0 Å². The SMILES string of the molecule is CCc1occc1C(N)c1ccc(F)cc1. The number of benzene rings is 1. The molecular weight excluding hydrogens is 205 g/mol. The van der Waals surface area contributed by atoms with Crippen molar-refractivity contribution in [1.29, 1.82) is 0 Å². The van der Waals surface area contributed by atoms with Gasteiger partial charge in [-0.1, -0.05) is 19.1 Å². The van der Waals surface area contributed by atoms with Gasteiger partial charge in [0, 0.05) is 12.0 Å². The summed E-state index contributed by atoms with van der Waals surface area (Å²) in [5.74, 6) is 0.635. The summed E-state index contributed by atoms with van der Waals surface area (Å²) in [7, 11) is 0. The monoisotopic (exact) mass is 219 g/mol. The first-order chi connectivity index (χ1) is 7.72. The highest BCUT2D eigenvalue weighted by Crippen LogP contribution is 2.24. The van der Waals surface area contributed by atoms with Crippen molar-refractivity contribution in [3.05, 3.63) is 59.3 Å². The summed E-state index contributed by atoms with van der Waals surface area (Å²) in [6, 6.07) is 7.85. The van der Waals surface area contributed by atoms with E-state index in [1.54, 1.807) is 18.4 Å². The minimum atomic E-state index is -0.255. The average Bonchev–Trinajstić information content (AvgIpc) is 2.77. The van der Waals surface area contributed by atoms with Gasteiger partial charge in [-0.05, 0) is 23.8 Å². The number of nitrogens with two attached hydrogens (primary N) is 1. The van der Waals surface area contributed by atoms with Crippen molar-refractivity contribution in [2.45, 2.75) is 19.4 Å². The van der Waals surface area contributed by atoms with Crippen molar-refractivity contribution >= 4 is 0 Å². The van der Waals surface area contributed by atoms with Gasteiger partial charge in [0.2, 0.25) is 0 Å². The zero-order chi connectivity index (χ0) is 11.5. The van der Waals surface area contributed by atoms with E-state index >= 15 is 0 Å². The van der Waals surface area contributed by atoms with Crippen molar-refractivity contribution in [1.82, 2.24) is 0 Å². The molecule has 0 saturated heterocycles. The van der Waals surface area contributed by atoms with E-state index in [1.807, 2.05) is 13.0 Å². The first kappa shape index (κ1) is 10.9. The van der Waals surface area contributed by atoms with Crippen LogP contribution in [-0.4, -0.2) is 0 Å². The predicted molar refractivity (Wildman–Crippen MR) is 60.5 cm³/mol. The Balaban J connectivity index is 2.31. The summed E-state index contributed by atoms with van der Waals surface area (Å²) in [6.45, 7) is 2.01. The fraction of sp³-hybridized carbons (Fsp3) is 0.231. The van der Waals surface area contributed by atoms with Gasteiger partial charge in [0.1, 0.15) is 11.6 Å². The van der Waals surface area contributed by atoms with Crippen LogP contribution < -0.4 is 5.73 Å². The molecule has 84 valence electrons. The molecule has 2 rings (SSSR count). The van der Waals surface area contributed by atoms with Gasteiger partial charge in [-0.3, -0.25) is 0 Å².